The highest BCUT2D eigenvalue weighted by Crippen LogP contribution is 2.49. The van der Waals surface area contributed by atoms with E-state index in [2.05, 4.69) is 0 Å². The number of carbonyl (C=O) groups excluding carboxylic acids is 1. The normalized spacial score (nSPS) is 19.9. The number of hydrogen-bond donors (Lipinski definition) is 0. The molecule has 108 valence electrons. The van der Waals surface area contributed by atoms with E-state index in [0.29, 0.717) is 5.92 Å². The number of rotatable bonds is 5. The first-order valence-electron chi connectivity index (χ1n) is 7.05. The number of ether oxygens (including phenoxy) is 2. The van der Waals surface area contributed by atoms with Crippen molar-refractivity contribution in [3.05, 3.63) is 59.7 Å². The summed E-state index contributed by atoms with van der Waals surface area (Å²) in [5.41, 5.74) is 1.97. The first-order chi connectivity index (χ1) is 10.2. The number of benzene rings is 2. The Bertz CT molecular complexity index is 629. The molecule has 21 heavy (non-hydrogen) atoms. The molecular formula is C18H18O3. The van der Waals surface area contributed by atoms with Crippen molar-refractivity contribution in [2.45, 2.75) is 12.3 Å². The van der Waals surface area contributed by atoms with E-state index in [4.69, 9.17) is 9.47 Å². The van der Waals surface area contributed by atoms with Crippen LogP contribution in [0.5, 0.6) is 11.5 Å². The van der Waals surface area contributed by atoms with Crippen LogP contribution in [0.25, 0.3) is 0 Å². The lowest BCUT2D eigenvalue weighted by Gasteiger charge is -2.04. The highest BCUT2D eigenvalue weighted by atomic mass is 16.5. The highest BCUT2D eigenvalue weighted by Gasteiger charge is 2.43. The lowest BCUT2D eigenvalue weighted by Crippen LogP contribution is -2.03. The molecule has 0 heterocycles. The van der Waals surface area contributed by atoms with E-state index in [1.54, 1.807) is 14.2 Å². The predicted octanol–water partition coefficient (Wildman–Crippen LogP) is 3.69. The summed E-state index contributed by atoms with van der Waals surface area (Å²) in [6.07, 6.45) is 0.928. The van der Waals surface area contributed by atoms with Gasteiger partial charge in [-0.3, -0.25) is 4.79 Å². The Morgan fingerprint density at radius 2 is 1.43 bits per heavy atom. The molecule has 0 N–H and O–H groups in total. The predicted molar refractivity (Wildman–Crippen MR) is 81.2 cm³/mol. The van der Waals surface area contributed by atoms with Crippen molar-refractivity contribution in [3.63, 3.8) is 0 Å². The van der Waals surface area contributed by atoms with Gasteiger partial charge in [0.15, 0.2) is 5.78 Å². The molecule has 0 unspecified atom stereocenters. The molecule has 2 atom stereocenters. The van der Waals surface area contributed by atoms with E-state index in [1.165, 1.54) is 5.56 Å². The van der Waals surface area contributed by atoms with Gasteiger partial charge in [0.2, 0.25) is 0 Å². The van der Waals surface area contributed by atoms with Crippen molar-refractivity contribution in [2.24, 2.45) is 5.92 Å². The maximum Gasteiger partial charge on any atom is 0.166 e. The van der Waals surface area contributed by atoms with Crippen molar-refractivity contribution in [1.82, 2.24) is 0 Å². The van der Waals surface area contributed by atoms with Crippen LogP contribution in [0.4, 0.5) is 0 Å². The molecule has 3 nitrogen and oxygen atoms in total. The molecule has 3 rings (SSSR count). The molecule has 0 radical (unpaired) electrons. The summed E-state index contributed by atoms with van der Waals surface area (Å²) in [6, 6.07) is 15.3. The van der Waals surface area contributed by atoms with Crippen LogP contribution in [-0.2, 0) is 0 Å². The first-order valence-corrected chi connectivity index (χ1v) is 7.05. The van der Waals surface area contributed by atoms with E-state index in [-0.39, 0.29) is 11.7 Å². The summed E-state index contributed by atoms with van der Waals surface area (Å²) < 4.78 is 10.3. The van der Waals surface area contributed by atoms with Gasteiger partial charge in [0, 0.05) is 11.5 Å². The molecule has 0 amide bonds. The second kappa shape index (κ2) is 5.60. The monoisotopic (exact) mass is 282 g/mol. The third kappa shape index (κ3) is 2.77. The van der Waals surface area contributed by atoms with Gasteiger partial charge in [-0.1, -0.05) is 12.1 Å². The SMILES string of the molecule is COc1ccc(C(=O)[C@H]2C[C@@H]2c2ccc(OC)cc2)cc1. The van der Waals surface area contributed by atoms with Crippen LogP contribution < -0.4 is 9.47 Å². The molecule has 3 heteroatoms. The number of Topliss-reactive ketones (excluding diaryl/α,β-unsaturated/α-hetero) is 1. The van der Waals surface area contributed by atoms with Gasteiger partial charge < -0.3 is 9.47 Å². The first kappa shape index (κ1) is 13.7. The van der Waals surface area contributed by atoms with Crippen LogP contribution in [0.15, 0.2) is 48.5 Å². The molecular weight excluding hydrogens is 264 g/mol. The third-order valence-electron chi connectivity index (χ3n) is 4.05. The van der Waals surface area contributed by atoms with E-state index in [9.17, 15) is 4.79 Å². The average molecular weight is 282 g/mol. The topological polar surface area (TPSA) is 35.5 Å². The number of carbonyl (C=O) groups is 1. The third-order valence-corrected chi connectivity index (χ3v) is 4.05. The molecule has 2 aromatic carbocycles. The Labute approximate surface area is 124 Å². The molecule has 1 aliphatic carbocycles. The van der Waals surface area contributed by atoms with E-state index in [0.717, 1.165) is 23.5 Å². The van der Waals surface area contributed by atoms with Gasteiger partial charge in [0.25, 0.3) is 0 Å². The van der Waals surface area contributed by atoms with Gasteiger partial charge in [-0.2, -0.15) is 0 Å². The van der Waals surface area contributed by atoms with Crippen LogP contribution in [0.2, 0.25) is 0 Å². The smallest absolute Gasteiger partial charge is 0.166 e. The van der Waals surface area contributed by atoms with Gasteiger partial charge in [-0.15, -0.1) is 0 Å². The van der Waals surface area contributed by atoms with Crippen molar-refractivity contribution >= 4 is 5.78 Å². The molecule has 0 aromatic heterocycles. The Morgan fingerprint density at radius 3 is 1.95 bits per heavy atom. The van der Waals surface area contributed by atoms with Crippen LogP contribution in [0.1, 0.15) is 28.3 Å². The molecule has 0 bridgehead atoms. The minimum atomic E-state index is 0.104. The fraction of sp³-hybridized carbons (Fsp3) is 0.278. The molecule has 1 fully saturated rings. The number of hydrogen-bond acceptors (Lipinski definition) is 3. The summed E-state index contributed by atoms with van der Waals surface area (Å²) in [5.74, 6) is 2.28. The van der Waals surface area contributed by atoms with Crippen LogP contribution in [0.3, 0.4) is 0 Å². The molecule has 0 spiro atoms. The zero-order valence-corrected chi connectivity index (χ0v) is 12.2. The van der Waals surface area contributed by atoms with Gasteiger partial charge in [0.1, 0.15) is 11.5 Å². The summed E-state index contributed by atoms with van der Waals surface area (Å²) in [5, 5.41) is 0. The largest absolute Gasteiger partial charge is 0.497 e. The van der Waals surface area contributed by atoms with Gasteiger partial charge in [-0.05, 0) is 54.3 Å². The average Bonchev–Trinajstić information content (AvgIpc) is 3.35. The molecule has 1 saturated carbocycles. The lowest BCUT2D eigenvalue weighted by molar-refractivity contribution is 0.0965. The van der Waals surface area contributed by atoms with Crippen LogP contribution >= 0.6 is 0 Å². The number of methoxy groups -OCH3 is 2. The van der Waals surface area contributed by atoms with Crippen molar-refractivity contribution < 1.29 is 14.3 Å². The summed E-state index contributed by atoms with van der Waals surface area (Å²) in [7, 11) is 3.28. The fourth-order valence-electron chi connectivity index (χ4n) is 2.67. The molecule has 0 saturated heterocycles. The zero-order chi connectivity index (χ0) is 14.8. The lowest BCUT2D eigenvalue weighted by atomic mass is 10.0. The maximum absolute atomic E-state index is 12.4. The summed E-state index contributed by atoms with van der Waals surface area (Å²) in [6.45, 7) is 0. The Balaban J connectivity index is 1.69. The highest BCUT2D eigenvalue weighted by molar-refractivity contribution is 6.00. The van der Waals surface area contributed by atoms with Crippen LogP contribution in [-0.4, -0.2) is 20.0 Å². The minimum absolute atomic E-state index is 0.104. The second-order valence-corrected chi connectivity index (χ2v) is 5.31. The fourth-order valence-corrected chi connectivity index (χ4v) is 2.67. The molecule has 2 aromatic rings. The Morgan fingerprint density at radius 1 is 0.905 bits per heavy atom. The summed E-state index contributed by atoms with van der Waals surface area (Å²) >= 11 is 0. The summed E-state index contributed by atoms with van der Waals surface area (Å²) in [4.78, 5) is 12.4. The number of ketones is 1. The Hall–Kier alpha value is -2.29. The zero-order valence-electron chi connectivity index (χ0n) is 12.2. The van der Waals surface area contributed by atoms with Gasteiger partial charge >= 0.3 is 0 Å². The molecule has 1 aliphatic rings. The van der Waals surface area contributed by atoms with E-state index >= 15 is 0 Å². The quantitative estimate of drug-likeness (QED) is 0.785. The van der Waals surface area contributed by atoms with Gasteiger partial charge in [0.05, 0.1) is 14.2 Å². The van der Waals surface area contributed by atoms with E-state index in [1.807, 2.05) is 48.5 Å². The van der Waals surface area contributed by atoms with E-state index < -0.39 is 0 Å². The maximum atomic E-state index is 12.4. The standard InChI is InChI=1S/C18H18O3/c1-20-14-7-3-12(4-8-14)16-11-17(16)18(19)13-5-9-15(21-2)10-6-13/h3-10,16-17H,11H2,1-2H3/t16-,17+/m1/s1. The molecule has 0 aliphatic heterocycles. The van der Waals surface area contributed by atoms with Crippen molar-refractivity contribution in [2.75, 3.05) is 14.2 Å². The van der Waals surface area contributed by atoms with Gasteiger partial charge in [-0.25, -0.2) is 0 Å². The second-order valence-electron chi connectivity index (χ2n) is 5.31. The van der Waals surface area contributed by atoms with Crippen LogP contribution in [0, 0.1) is 5.92 Å². The van der Waals surface area contributed by atoms with Crippen molar-refractivity contribution in [1.29, 1.82) is 0 Å². The minimum Gasteiger partial charge on any atom is -0.497 e. The Kier molecular flexibility index (Phi) is 3.65. The van der Waals surface area contributed by atoms with Crippen molar-refractivity contribution in [3.8, 4) is 11.5 Å².